The molecule has 4 aliphatic carbocycles. The minimum absolute atomic E-state index is 0.314. The molecule has 0 N–H and O–H groups in total. The van der Waals surface area contributed by atoms with E-state index in [1.54, 1.807) is 0 Å². The summed E-state index contributed by atoms with van der Waals surface area (Å²) in [6, 6.07) is 0. The van der Waals surface area contributed by atoms with Crippen LogP contribution in [0.5, 0.6) is 0 Å². The van der Waals surface area contributed by atoms with Crippen LogP contribution in [0.4, 0.5) is 0 Å². The van der Waals surface area contributed by atoms with Gasteiger partial charge in [-0.15, -0.1) is 0 Å². The normalized spacial score (nSPS) is 35.9. The molecule has 0 aromatic heterocycles. The third kappa shape index (κ3) is 6.64. The van der Waals surface area contributed by atoms with Crippen LogP contribution in [-0.2, 0) is 0 Å². The number of allylic oxidation sites excluding steroid dienone is 7. The zero-order valence-electron chi connectivity index (χ0n) is 25.3. The maximum absolute atomic E-state index is 4.25. The van der Waals surface area contributed by atoms with E-state index in [2.05, 4.69) is 92.3 Å². The molecule has 35 heavy (non-hydrogen) atoms. The molecular formula is C35H60. The Balaban J connectivity index is 0.000000655. The van der Waals surface area contributed by atoms with E-state index in [0.717, 1.165) is 23.7 Å². The highest BCUT2D eigenvalue weighted by Crippen LogP contribution is 2.64. The van der Waals surface area contributed by atoms with E-state index >= 15 is 0 Å². The molecule has 0 radical (unpaired) electrons. The van der Waals surface area contributed by atoms with Crippen molar-refractivity contribution in [1.82, 2.24) is 0 Å². The van der Waals surface area contributed by atoms with Gasteiger partial charge in [-0.05, 0) is 83.5 Å². The van der Waals surface area contributed by atoms with Crippen LogP contribution in [0.3, 0.4) is 0 Å². The standard InChI is InChI=1S/C29H44.C4H10.C2H6/c1-20-14-17-28(6)22(19-20)10-11-23-25-13-12-24(29(25,7)18-15-26(23)28)21(2)9-8-16-27(3,4)5;1-3-4-2;1-2/h10-11,15,18-19,21,23-26H,1,8-9,12-14,16-17H2,2-7H3;3-4H2,1-2H3;1-2H3. The first-order chi connectivity index (χ1) is 16.5. The van der Waals surface area contributed by atoms with Gasteiger partial charge in [0.25, 0.3) is 0 Å². The Labute approximate surface area is 220 Å². The Morgan fingerprint density at radius 1 is 1.06 bits per heavy atom. The van der Waals surface area contributed by atoms with Gasteiger partial charge in [-0.1, -0.05) is 137 Å². The number of unbranched alkanes of at least 4 members (excludes halogenated alkanes) is 1. The van der Waals surface area contributed by atoms with Crippen molar-refractivity contribution in [3.63, 3.8) is 0 Å². The molecule has 0 spiro atoms. The van der Waals surface area contributed by atoms with Gasteiger partial charge in [0.1, 0.15) is 0 Å². The summed E-state index contributed by atoms with van der Waals surface area (Å²) in [5, 5.41) is 0. The molecule has 0 aromatic carbocycles. The molecule has 0 amide bonds. The van der Waals surface area contributed by atoms with Crippen molar-refractivity contribution in [3.8, 4) is 0 Å². The molecule has 0 heteroatoms. The van der Waals surface area contributed by atoms with E-state index in [-0.39, 0.29) is 0 Å². The summed E-state index contributed by atoms with van der Waals surface area (Å²) < 4.78 is 0. The van der Waals surface area contributed by atoms with Gasteiger partial charge >= 0.3 is 0 Å². The molecule has 1 saturated carbocycles. The molecule has 0 heterocycles. The first kappa shape index (κ1) is 30.2. The summed E-state index contributed by atoms with van der Waals surface area (Å²) in [7, 11) is 0. The predicted molar refractivity (Wildman–Crippen MR) is 159 cm³/mol. The molecule has 200 valence electrons. The zero-order chi connectivity index (χ0) is 26.4. The number of fused-ring (bicyclic) bond motifs is 5. The van der Waals surface area contributed by atoms with Gasteiger partial charge < -0.3 is 0 Å². The Hall–Kier alpha value is -1.04. The van der Waals surface area contributed by atoms with Gasteiger partial charge in [-0.3, -0.25) is 0 Å². The highest BCUT2D eigenvalue weighted by molar-refractivity contribution is 5.43. The Morgan fingerprint density at radius 3 is 2.31 bits per heavy atom. The number of hydrogen-bond donors (Lipinski definition) is 0. The van der Waals surface area contributed by atoms with Crippen LogP contribution < -0.4 is 0 Å². The lowest BCUT2D eigenvalue weighted by Crippen LogP contribution is -2.46. The lowest BCUT2D eigenvalue weighted by Gasteiger charge is -2.53. The quantitative estimate of drug-likeness (QED) is 0.343. The summed E-state index contributed by atoms with van der Waals surface area (Å²) in [4.78, 5) is 0. The molecule has 1 fully saturated rings. The fourth-order valence-electron chi connectivity index (χ4n) is 7.58. The first-order valence-electron chi connectivity index (χ1n) is 15.2. The van der Waals surface area contributed by atoms with Crippen molar-refractivity contribution in [1.29, 1.82) is 0 Å². The third-order valence-corrected chi connectivity index (χ3v) is 9.92. The van der Waals surface area contributed by atoms with Crippen molar-refractivity contribution in [2.75, 3.05) is 0 Å². The second-order valence-electron chi connectivity index (χ2n) is 13.6. The van der Waals surface area contributed by atoms with E-state index in [1.165, 1.54) is 68.9 Å². The molecule has 0 aromatic rings. The van der Waals surface area contributed by atoms with Crippen LogP contribution in [0.15, 0.2) is 48.1 Å². The molecule has 7 unspecified atom stereocenters. The average Bonchev–Trinajstić information content (AvgIpc) is 3.17. The average molecular weight is 481 g/mol. The zero-order valence-corrected chi connectivity index (χ0v) is 25.3. The minimum Gasteiger partial charge on any atom is -0.0958 e. The highest BCUT2D eigenvalue weighted by atomic mass is 14.6. The molecular weight excluding hydrogens is 420 g/mol. The van der Waals surface area contributed by atoms with Crippen molar-refractivity contribution in [2.24, 2.45) is 45.8 Å². The first-order valence-corrected chi connectivity index (χ1v) is 15.2. The van der Waals surface area contributed by atoms with Crippen LogP contribution in [0.2, 0.25) is 0 Å². The number of rotatable bonds is 5. The van der Waals surface area contributed by atoms with Crippen LogP contribution in [0, 0.1) is 45.8 Å². The van der Waals surface area contributed by atoms with E-state index in [4.69, 9.17) is 0 Å². The van der Waals surface area contributed by atoms with Gasteiger partial charge in [-0.2, -0.15) is 0 Å². The predicted octanol–water partition coefficient (Wildman–Crippen LogP) is 11.4. The molecule has 7 atom stereocenters. The van der Waals surface area contributed by atoms with Crippen LogP contribution >= 0.6 is 0 Å². The lowest BCUT2D eigenvalue weighted by molar-refractivity contribution is 0.0701. The smallest absolute Gasteiger partial charge is 0.000367 e. The second-order valence-corrected chi connectivity index (χ2v) is 13.6. The van der Waals surface area contributed by atoms with E-state index < -0.39 is 0 Å². The lowest BCUT2D eigenvalue weighted by atomic mass is 9.50. The Kier molecular flexibility index (Phi) is 10.8. The van der Waals surface area contributed by atoms with Crippen LogP contribution in [0.25, 0.3) is 0 Å². The maximum atomic E-state index is 4.25. The van der Waals surface area contributed by atoms with Crippen LogP contribution in [-0.4, -0.2) is 0 Å². The summed E-state index contributed by atoms with van der Waals surface area (Å²) in [5.74, 6) is 3.93. The van der Waals surface area contributed by atoms with Gasteiger partial charge in [0, 0.05) is 0 Å². The molecule has 0 aliphatic heterocycles. The largest absolute Gasteiger partial charge is 0.0958 e. The summed E-state index contributed by atoms with van der Waals surface area (Å²) in [5.41, 5.74) is 4.03. The van der Waals surface area contributed by atoms with Crippen molar-refractivity contribution < 1.29 is 0 Å². The molecule has 0 bridgehead atoms. The fourth-order valence-corrected chi connectivity index (χ4v) is 7.58. The SMILES string of the molecule is C=C1C=C2C=CC3C(C=CC4(C)C(C(C)CCCC(C)(C)C)CCC34)C2(C)CC1.CC.CCCC. The van der Waals surface area contributed by atoms with E-state index in [1.807, 2.05) is 13.8 Å². The maximum Gasteiger partial charge on any atom is -0.000367 e. The Bertz CT molecular complexity index is 768. The topological polar surface area (TPSA) is 0 Å². The van der Waals surface area contributed by atoms with Gasteiger partial charge in [0.15, 0.2) is 0 Å². The fraction of sp³-hybridized carbons (Fsp3) is 0.771. The van der Waals surface area contributed by atoms with Crippen molar-refractivity contribution in [2.45, 2.75) is 127 Å². The molecule has 4 rings (SSSR count). The summed E-state index contributed by atoms with van der Waals surface area (Å²) in [6.45, 7) is 27.4. The number of hydrogen-bond acceptors (Lipinski definition) is 0. The second kappa shape index (κ2) is 12.5. The van der Waals surface area contributed by atoms with E-state index in [9.17, 15) is 0 Å². The molecule has 0 nitrogen and oxygen atoms in total. The summed E-state index contributed by atoms with van der Waals surface area (Å²) >= 11 is 0. The van der Waals surface area contributed by atoms with Gasteiger partial charge in [0.2, 0.25) is 0 Å². The Morgan fingerprint density at radius 2 is 1.71 bits per heavy atom. The van der Waals surface area contributed by atoms with Crippen molar-refractivity contribution >= 4 is 0 Å². The third-order valence-electron chi connectivity index (χ3n) is 9.92. The molecule has 0 saturated heterocycles. The summed E-state index contributed by atoms with van der Waals surface area (Å²) in [6.07, 6.45) is 24.9. The molecule has 4 aliphatic rings. The monoisotopic (exact) mass is 480 g/mol. The minimum atomic E-state index is 0.314. The van der Waals surface area contributed by atoms with Crippen LogP contribution in [0.1, 0.15) is 127 Å². The van der Waals surface area contributed by atoms with E-state index in [0.29, 0.717) is 22.2 Å². The van der Waals surface area contributed by atoms with Gasteiger partial charge in [-0.25, -0.2) is 0 Å². The van der Waals surface area contributed by atoms with Gasteiger partial charge in [0.05, 0.1) is 0 Å². The van der Waals surface area contributed by atoms with Crippen molar-refractivity contribution in [3.05, 3.63) is 48.1 Å². The highest BCUT2D eigenvalue weighted by Gasteiger charge is 2.56.